The maximum atomic E-state index is 13.5. The number of benzene rings is 3. The average Bonchev–Trinajstić information content (AvgIpc) is 2.87. The predicted octanol–water partition coefficient (Wildman–Crippen LogP) is 4.09. The summed E-state index contributed by atoms with van der Waals surface area (Å²) >= 11 is 0. The second kappa shape index (κ2) is 9.77. The minimum Gasteiger partial charge on any atom is -0.497 e. The van der Waals surface area contributed by atoms with E-state index in [1.807, 2.05) is 31.2 Å². The molecule has 1 N–H and O–H groups in total. The van der Waals surface area contributed by atoms with Gasteiger partial charge in [-0.15, -0.1) is 0 Å². The van der Waals surface area contributed by atoms with Gasteiger partial charge in [0.15, 0.2) is 6.10 Å². The Morgan fingerprint density at radius 2 is 1.76 bits per heavy atom. The molecule has 178 valence electrons. The summed E-state index contributed by atoms with van der Waals surface area (Å²) in [7, 11) is -2.42. The minimum atomic E-state index is -3.94. The number of para-hydroxylation sites is 2. The quantitative estimate of drug-likeness (QED) is 0.551. The van der Waals surface area contributed by atoms with Crippen molar-refractivity contribution in [2.24, 2.45) is 0 Å². The van der Waals surface area contributed by atoms with E-state index in [0.29, 0.717) is 17.2 Å². The Morgan fingerprint density at radius 3 is 2.41 bits per heavy atom. The van der Waals surface area contributed by atoms with Crippen LogP contribution < -0.4 is 19.1 Å². The average molecular weight is 481 g/mol. The van der Waals surface area contributed by atoms with Gasteiger partial charge in [-0.3, -0.25) is 9.10 Å². The number of carbonyl (C=O) groups excluding carboxylic acids is 1. The fourth-order valence-electron chi connectivity index (χ4n) is 3.87. The van der Waals surface area contributed by atoms with Crippen molar-refractivity contribution in [3.63, 3.8) is 0 Å². The molecule has 34 heavy (non-hydrogen) atoms. The van der Waals surface area contributed by atoms with Gasteiger partial charge in [-0.25, -0.2) is 8.42 Å². The maximum Gasteiger partial charge on any atom is 0.264 e. The van der Waals surface area contributed by atoms with E-state index in [4.69, 9.17) is 9.47 Å². The van der Waals surface area contributed by atoms with Gasteiger partial charge in [0.25, 0.3) is 15.9 Å². The molecule has 0 aromatic heterocycles. The zero-order valence-corrected chi connectivity index (χ0v) is 20.2. The van der Waals surface area contributed by atoms with Crippen molar-refractivity contribution in [3.05, 3.63) is 83.9 Å². The van der Waals surface area contributed by atoms with Gasteiger partial charge in [-0.2, -0.15) is 0 Å². The molecule has 8 heteroatoms. The second-order valence-corrected chi connectivity index (χ2v) is 9.97. The number of nitrogens with zero attached hydrogens (tertiary/aromatic N) is 1. The molecule has 0 spiro atoms. The van der Waals surface area contributed by atoms with Crippen molar-refractivity contribution in [2.75, 3.05) is 18.0 Å². The first-order valence-electron chi connectivity index (χ1n) is 11.1. The van der Waals surface area contributed by atoms with Crippen molar-refractivity contribution in [2.45, 2.75) is 37.3 Å². The third kappa shape index (κ3) is 4.72. The lowest BCUT2D eigenvalue weighted by Gasteiger charge is -2.35. The monoisotopic (exact) mass is 480 g/mol. The number of carbonyl (C=O) groups is 1. The standard InChI is InChI=1S/C26H28N2O5S/c1-4-19-9-11-20(12-10-19)18(2)27-26(29)25-17-28(23-7-5-6-8-24(23)33-25)34(30,31)22-15-13-21(32-3)14-16-22/h5-16,18,25H,4,17H2,1-3H3,(H,27,29)/t18-,25+/m0/s1. The van der Waals surface area contributed by atoms with E-state index in [0.717, 1.165) is 12.0 Å². The van der Waals surface area contributed by atoms with E-state index in [9.17, 15) is 13.2 Å². The highest BCUT2D eigenvalue weighted by molar-refractivity contribution is 7.92. The van der Waals surface area contributed by atoms with Crippen LogP contribution in [0.4, 0.5) is 5.69 Å². The van der Waals surface area contributed by atoms with Crippen molar-refractivity contribution < 1.29 is 22.7 Å². The summed E-state index contributed by atoms with van der Waals surface area (Å²) in [6.45, 7) is 3.84. The Hall–Kier alpha value is -3.52. The fourth-order valence-corrected chi connectivity index (χ4v) is 5.35. The van der Waals surface area contributed by atoms with Crippen LogP contribution in [0.2, 0.25) is 0 Å². The molecule has 2 atom stereocenters. The Morgan fingerprint density at radius 1 is 1.09 bits per heavy atom. The lowest BCUT2D eigenvalue weighted by molar-refractivity contribution is -0.128. The van der Waals surface area contributed by atoms with Crippen LogP contribution in [-0.4, -0.2) is 34.1 Å². The number of amides is 1. The lowest BCUT2D eigenvalue weighted by Crippen LogP contribution is -2.51. The third-order valence-electron chi connectivity index (χ3n) is 5.92. The Labute approximate surface area is 200 Å². The summed E-state index contributed by atoms with van der Waals surface area (Å²) in [5, 5.41) is 2.96. The molecule has 0 fully saturated rings. The SMILES string of the molecule is CCc1ccc([C@H](C)NC(=O)[C@H]2CN(S(=O)(=O)c3ccc(OC)cc3)c3ccccc3O2)cc1. The normalized spacial score (nSPS) is 16.2. The summed E-state index contributed by atoms with van der Waals surface area (Å²) in [6.07, 6.45) is -0.0604. The van der Waals surface area contributed by atoms with E-state index in [-0.39, 0.29) is 23.4 Å². The molecule has 1 aliphatic rings. The first-order valence-corrected chi connectivity index (χ1v) is 12.6. The van der Waals surface area contributed by atoms with Crippen LogP contribution in [0.3, 0.4) is 0 Å². The molecule has 0 radical (unpaired) electrons. The highest BCUT2D eigenvalue weighted by atomic mass is 32.2. The largest absolute Gasteiger partial charge is 0.497 e. The van der Waals surface area contributed by atoms with Crippen LogP contribution in [0.25, 0.3) is 0 Å². The van der Waals surface area contributed by atoms with Gasteiger partial charge in [-0.1, -0.05) is 43.3 Å². The molecular weight excluding hydrogens is 452 g/mol. The summed E-state index contributed by atoms with van der Waals surface area (Å²) in [4.78, 5) is 13.2. The van der Waals surface area contributed by atoms with Crippen molar-refractivity contribution in [1.29, 1.82) is 0 Å². The van der Waals surface area contributed by atoms with Crippen molar-refractivity contribution in [3.8, 4) is 11.5 Å². The van der Waals surface area contributed by atoms with E-state index in [2.05, 4.69) is 12.2 Å². The zero-order chi connectivity index (χ0) is 24.3. The molecule has 0 unspecified atom stereocenters. The van der Waals surface area contributed by atoms with E-state index < -0.39 is 16.1 Å². The number of hydrogen-bond acceptors (Lipinski definition) is 5. The number of fused-ring (bicyclic) bond motifs is 1. The molecule has 3 aromatic carbocycles. The van der Waals surface area contributed by atoms with Gasteiger partial charge < -0.3 is 14.8 Å². The van der Waals surface area contributed by atoms with E-state index >= 15 is 0 Å². The number of aryl methyl sites for hydroxylation is 1. The minimum absolute atomic E-state index is 0.105. The summed E-state index contributed by atoms with van der Waals surface area (Å²) in [5.74, 6) is 0.516. The van der Waals surface area contributed by atoms with Gasteiger partial charge >= 0.3 is 0 Å². The number of methoxy groups -OCH3 is 1. The molecule has 3 aromatic rings. The molecule has 0 saturated heterocycles. The molecule has 1 aliphatic heterocycles. The van der Waals surface area contributed by atoms with Gasteiger partial charge in [0, 0.05) is 0 Å². The van der Waals surface area contributed by atoms with Gasteiger partial charge in [0.1, 0.15) is 11.5 Å². The molecule has 1 heterocycles. The van der Waals surface area contributed by atoms with Crippen LogP contribution in [0.15, 0.2) is 77.7 Å². The number of ether oxygens (including phenoxy) is 2. The molecule has 7 nitrogen and oxygen atoms in total. The van der Waals surface area contributed by atoms with Crippen LogP contribution >= 0.6 is 0 Å². The molecule has 4 rings (SSSR count). The van der Waals surface area contributed by atoms with Gasteiger partial charge in [0.05, 0.1) is 30.3 Å². The predicted molar refractivity (Wildman–Crippen MR) is 131 cm³/mol. The molecular formula is C26H28N2O5S. The molecule has 0 aliphatic carbocycles. The van der Waals surface area contributed by atoms with Gasteiger partial charge in [-0.05, 0) is 60.9 Å². The first-order chi connectivity index (χ1) is 16.3. The highest BCUT2D eigenvalue weighted by Crippen LogP contribution is 2.37. The first kappa shape index (κ1) is 23.6. The highest BCUT2D eigenvalue weighted by Gasteiger charge is 2.37. The number of sulfonamides is 1. The second-order valence-electron chi connectivity index (χ2n) is 8.11. The van der Waals surface area contributed by atoms with Crippen LogP contribution in [0, 0.1) is 0 Å². The van der Waals surface area contributed by atoms with E-state index in [1.54, 1.807) is 36.4 Å². The summed E-state index contributed by atoms with van der Waals surface area (Å²) < 4.78 is 39.3. The number of hydrogen-bond donors (Lipinski definition) is 1. The Balaban J connectivity index is 1.58. The van der Waals surface area contributed by atoms with Crippen LogP contribution in [0.5, 0.6) is 11.5 Å². The Kier molecular flexibility index (Phi) is 6.79. The lowest BCUT2D eigenvalue weighted by atomic mass is 10.0. The summed E-state index contributed by atoms with van der Waals surface area (Å²) in [6, 6.07) is 20.8. The summed E-state index contributed by atoms with van der Waals surface area (Å²) in [5.41, 5.74) is 2.57. The van der Waals surface area contributed by atoms with E-state index in [1.165, 1.54) is 29.1 Å². The van der Waals surface area contributed by atoms with Crippen molar-refractivity contribution >= 4 is 21.6 Å². The van der Waals surface area contributed by atoms with Crippen LogP contribution in [-0.2, 0) is 21.2 Å². The fraction of sp³-hybridized carbons (Fsp3) is 0.269. The number of anilines is 1. The third-order valence-corrected chi connectivity index (χ3v) is 7.72. The van der Waals surface area contributed by atoms with Gasteiger partial charge in [0.2, 0.25) is 0 Å². The molecule has 0 bridgehead atoms. The molecule has 0 saturated carbocycles. The smallest absolute Gasteiger partial charge is 0.264 e. The van der Waals surface area contributed by atoms with Crippen molar-refractivity contribution in [1.82, 2.24) is 5.32 Å². The molecule has 1 amide bonds. The Bertz CT molecular complexity index is 1260. The topological polar surface area (TPSA) is 84.9 Å². The zero-order valence-electron chi connectivity index (χ0n) is 19.4. The number of rotatable bonds is 7. The number of nitrogens with one attached hydrogen (secondary N) is 1. The van der Waals surface area contributed by atoms with Crippen LogP contribution in [0.1, 0.15) is 31.0 Å². The maximum absolute atomic E-state index is 13.5.